The molecule has 1 aromatic rings. The van der Waals surface area contributed by atoms with Gasteiger partial charge >= 0.3 is 5.63 Å². The summed E-state index contributed by atoms with van der Waals surface area (Å²) in [5.41, 5.74) is -1.13. The highest BCUT2D eigenvalue weighted by molar-refractivity contribution is 8.16. The number of hydrogen-bond acceptors (Lipinski definition) is 8. The summed E-state index contributed by atoms with van der Waals surface area (Å²) in [5, 5.41) is 15.5. The number of terminal acetylenes is 2. The number of hydrogen-bond donors (Lipinski definition) is 2. The molecule has 2 rings (SSSR count). The van der Waals surface area contributed by atoms with Crippen molar-refractivity contribution in [3.63, 3.8) is 0 Å². The van der Waals surface area contributed by atoms with Crippen LogP contribution in [0.2, 0.25) is 0 Å². The van der Waals surface area contributed by atoms with Crippen molar-refractivity contribution in [1.82, 2.24) is 5.32 Å². The van der Waals surface area contributed by atoms with Gasteiger partial charge in [0.1, 0.15) is 34.4 Å². The third-order valence-corrected chi connectivity index (χ3v) is 6.00. The maximum Gasteiger partial charge on any atom is 0.343 e. The standard InChI is InChI=1S/C22H25N3O5S/c1-6-9-15-17(29-11-8-3)12-18(30-20(15)26)16(10-7-2)23-21(27)22(5)13-31-19(24-22)14(4)25-28/h1,3,12,16,28H,7,9-11,13H2,2,4-5H3,(H,23,27)/t16-,22+/m1/s1. The zero-order valence-corrected chi connectivity index (χ0v) is 18.5. The molecule has 1 aliphatic rings. The summed E-state index contributed by atoms with van der Waals surface area (Å²) >= 11 is 1.34. The number of rotatable bonds is 9. The molecular weight excluding hydrogens is 418 g/mol. The second-order valence-electron chi connectivity index (χ2n) is 7.13. The number of ether oxygens (including phenoxy) is 1. The zero-order chi connectivity index (χ0) is 23.0. The Hall–Kier alpha value is -3.17. The smallest absolute Gasteiger partial charge is 0.343 e. The molecule has 8 nitrogen and oxygen atoms in total. The van der Waals surface area contributed by atoms with Crippen molar-refractivity contribution in [3.05, 3.63) is 27.8 Å². The normalized spacial score (nSPS) is 19.1. The maximum absolute atomic E-state index is 13.1. The highest BCUT2D eigenvalue weighted by atomic mass is 32.2. The first-order valence-electron chi connectivity index (χ1n) is 9.68. The van der Waals surface area contributed by atoms with E-state index in [9.17, 15) is 9.59 Å². The highest BCUT2D eigenvalue weighted by Gasteiger charge is 2.40. The molecule has 9 heteroatoms. The molecule has 0 unspecified atom stereocenters. The molecule has 0 radical (unpaired) electrons. The molecule has 0 saturated heterocycles. The largest absolute Gasteiger partial charge is 0.480 e. The number of oxime groups is 1. The van der Waals surface area contributed by atoms with Crippen LogP contribution < -0.4 is 15.7 Å². The molecule has 0 fully saturated rings. The van der Waals surface area contributed by atoms with Crippen LogP contribution in [0.3, 0.4) is 0 Å². The third-order valence-electron chi connectivity index (χ3n) is 4.63. The Morgan fingerprint density at radius 3 is 2.87 bits per heavy atom. The number of nitrogens with zero attached hydrogens (tertiary/aromatic N) is 2. The second-order valence-corrected chi connectivity index (χ2v) is 8.10. The molecule has 2 heterocycles. The van der Waals surface area contributed by atoms with Gasteiger partial charge in [-0.05, 0) is 20.3 Å². The van der Waals surface area contributed by atoms with Gasteiger partial charge in [-0.2, -0.15) is 0 Å². The Bertz CT molecular complexity index is 1030. The van der Waals surface area contributed by atoms with Crippen molar-refractivity contribution in [3.8, 4) is 30.4 Å². The SMILES string of the molecule is C#CCOc1cc([C@@H](CCC)NC(=O)[C@]2(C)CSC(C(C)=NO)=N2)oc(=O)c1CC#C. The van der Waals surface area contributed by atoms with Crippen LogP contribution in [0, 0.1) is 24.7 Å². The number of carbonyl (C=O) groups excluding carboxylic acids is 1. The molecular formula is C22H25N3O5S. The number of carbonyl (C=O) groups is 1. The van der Waals surface area contributed by atoms with Gasteiger partial charge in [0.25, 0.3) is 0 Å². The highest BCUT2D eigenvalue weighted by Crippen LogP contribution is 2.31. The summed E-state index contributed by atoms with van der Waals surface area (Å²) in [6.45, 7) is 5.22. The Morgan fingerprint density at radius 1 is 1.52 bits per heavy atom. The molecule has 2 N–H and O–H groups in total. The lowest BCUT2D eigenvalue weighted by Gasteiger charge is -2.24. The van der Waals surface area contributed by atoms with Crippen molar-refractivity contribution in [2.75, 3.05) is 12.4 Å². The molecule has 1 amide bonds. The van der Waals surface area contributed by atoms with Gasteiger partial charge in [-0.15, -0.1) is 30.5 Å². The first-order chi connectivity index (χ1) is 14.8. The van der Waals surface area contributed by atoms with E-state index < -0.39 is 17.2 Å². The van der Waals surface area contributed by atoms with Crippen LogP contribution in [0.1, 0.15) is 51.0 Å². The average Bonchev–Trinajstić information content (AvgIpc) is 3.16. The van der Waals surface area contributed by atoms with Crippen molar-refractivity contribution in [2.24, 2.45) is 10.1 Å². The van der Waals surface area contributed by atoms with Gasteiger partial charge in [0.15, 0.2) is 0 Å². The number of aliphatic imine (C=N–C) groups is 1. The van der Waals surface area contributed by atoms with E-state index in [1.54, 1.807) is 19.9 Å². The van der Waals surface area contributed by atoms with Crippen LogP contribution in [0.4, 0.5) is 0 Å². The van der Waals surface area contributed by atoms with Crippen molar-refractivity contribution in [2.45, 2.75) is 51.6 Å². The number of nitrogens with one attached hydrogen (secondary N) is 1. The minimum absolute atomic E-state index is 0.0336. The first-order valence-corrected chi connectivity index (χ1v) is 10.7. The van der Waals surface area contributed by atoms with Gasteiger partial charge in [0, 0.05) is 18.2 Å². The second kappa shape index (κ2) is 10.7. The quantitative estimate of drug-likeness (QED) is 0.262. The monoisotopic (exact) mass is 443 g/mol. The third kappa shape index (κ3) is 5.71. The summed E-state index contributed by atoms with van der Waals surface area (Å²) in [6, 6.07) is 0.974. The zero-order valence-electron chi connectivity index (χ0n) is 17.7. The molecule has 164 valence electrons. The van der Waals surface area contributed by atoms with Gasteiger partial charge in [0.2, 0.25) is 5.91 Å². The summed E-state index contributed by atoms with van der Waals surface area (Å²) in [5.74, 6) is 5.30. The Morgan fingerprint density at radius 2 is 2.26 bits per heavy atom. The van der Waals surface area contributed by atoms with Crippen molar-refractivity contribution >= 4 is 28.4 Å². The van der Waals surface area contributed by atoms with E-state index in [0.29, 0.717) is 22.9 Å². The van der Waals surface area contributed by atoms with E-state index in [1.807, 2.05) is 6.92 Å². The van der Waals surface area contributed by atoms with Crippen LogP contribution in [0.25, 0.3) is 0 Å². The van der Waals surface area contributed by atoms with Crippen LogP contribution in [0.5, 0.6) is 5.75 Å². The average molecular weight is 444 g/mol. The van der Waals surface area contributed by atoms with Gasteiger partial charge in [-0.3, -0.25) is 9.79 Å². The van der Waals surface area contributed by atoms with E-state index in [1.165, 1.54) is 11.8 Å². The van der Waals surface area contributed by atoms with E-state index in [0.717, 1.165) is 6.42 Å². The van der Waals surface area contributed by atoms with E-state index in [-0.39, 0.29) is 36.0 Å². The summed E-state index contributed by atoms with van der Waals surface area (Å²) < 4.78 is 11.0. The van der Waals surface area contributed by atoms with Gasteiger partial charge in [-0.1, -0.05) is 24.4 Å². The first kappa shape index (κ1) is 24.1. The van der Waals surface area contributed by atoms with Crippen molar-refractivity contribution in [1.29, 1.82) is 0 Å². The molecule has 1 aromatic heterocycles. The molecule has 0 bridgehead atoms. The lowest BCUT2D eigenvalue weighted by Crippen LogP contribution is -2.45. The molecule has 0 spiro atoms. The molecule has 0 aromatic carbocycles. The van der Waals surface area contributed by atoms with Crippen LogP contribution in [-0.4, -0.2) is 39.8 Å². The van der Waals surface area contributed by atoms with Gasteiger partial charge in [-0.25, -0.2) is 4.79 Å². The summed E-state index contributed by atoms with van der Waals surface area (Å²) in [4.78, 5) is 30.0. The Labute approximate surface area is 185 Å². The van der Waals surface area contributed by atoms with Crippen LogP contribution in [0.15, 0.2) is 25.4 Å². The Kier molecular flexibility index (Phi) is 8.35. The summed E-state index contributed by atoms with van der Waals surface area (Å²) in [6.07, 6.45) is 11.9. The minimum Gasteiger partial charge on any atom is -0.480 e. The topological polar surface area (TPSA) is 113 Å². The predicted octanol–water partition coefficient (Wildman–Crippen LogP) is 2.54. The van der Waals surface area contributed by atoms with Crippen LogP contribution >= 0.6 is 11.8 Å². The predicted molar refractivity (Wildman–Crippen MR) is 121 cm³/mol. The lowest BCUT2D eigenvalue weighted by molar-refractivity contribution is -0.125. The fourth-order valence-electron chi connectivity index (χ4n) is 2.93. The van der Waals surface area contributed by atoms with Crippen molar-refractivity contribution < 1.29 is 19.2 Å². The lowest BCUT2D eigenvalue weighted by atomic mass is 10.0. The van der Waals surface area contributed by atoms with E-state index >= 15 is 0 Å². The van der Waals surface area contributed by atoms with Gasteiger partial charge in [0.05, 0.1) is 11.6 Å². The fraction of sp³-hybridized carbons (Fsp3) is 0.455. The molecule has 31 heavy (non-hydrogen) atoms. The molecule has 0 aliphatic carbocycles. The van der Waals surface area contributed by atoms with E-state index in [2.05, 4.69) is 27.3 Å². The fourth-order valence-corrected chi connectivity index (χ4v) is 4.06. The summed E-state index contributed by atoms with van der Waals surface area (Å²) in [7, 11) is 0. The molecule has 0 saturated carbocycles. The number of thioether (sulfide) groups is 1. The maximum atomic E-state index is 13.1. The number of amides is 1. The molecule has 2 atom stereocenters. The minimum atomic E-state index is -1.05. The van der Waals surface area contributed by atoms with Crippen LogP contribution in [-0.2, 0) is 11.2 Å². The van der Waals surface area contributed by atoms with Gasteiger partial charge < -0.3 is 19.7 Å². The Balaban J connectivity index is 2.36. The molecule has 1 aliphatic heterocycles. The van der Waals surface area contributed by atoms with E-state index in [4.69, 9.17) is 27.2 Å².